The first kappa shape index (κ1) is 18.0. The molecule has 1 saturated heterocycles. The summed E-state index contributed by atoms with van der Waals surface area (Å²) in [5, 5.41) is 3.55. The van der Waals surface area contributed by atoms with E-state index in [2.05, 4.69) is 38.2 Å². The number of carbonyl (C=O) groups excluding carboxylic acids is 1. The number of carbonyl (C=O) groups is 1. The summed E-state index contributed by atoms with van der Waals surface area (Å²) in [5.41, 5.74) is 2.68. The van der Waals surface area contributed by atoms with Gasteiger partial charge in [-0.25, -0.2) is 4.39 Å². The molecule has 0 bridgehead atoms. The lowest BCUT2D eigenvalue weighted by Crippen LogP contribution is -2.46. The van der Waals surface area contributed by atoms with E-state index in [0.29, 0.717) is 5.56 Å². The van der Waals surface area contributed by atoms with Crippen LogP contribution in [0.2, 0.25) is 0 Å². The highest BCUT2D eigenvalue weighted by atomic mass is 19.1. The van der Waals surface area contributed by atoms with Crippen LogP contribution in [0.4, 0.5) is 10.1 Å². The molecule has 2 aromatic carbocycles. The van der Waals surface area contributed by atoms with Gasteiger partial charge in [-0.15, -0.1) is 0 Å². The number of rotatable bonds is 2. The van der Waals surface area contributed by atoms with Gasteiger partial charge < -0.3 is 10.2 Å². The second-order valence-corrected chi connectivity index (χ2v) is 8.76. The van der Waals surface area contributed by atoms with Crippen molar-refractivity contribution in [3.05, 3.63) is 65.0 Å². The van der Waals surface area contributed by atoms with Crippen molar-refractivity contribution >= 4 is 11.6 Å². The minimum absolute atomic E-state index is 0.0659. The van der Waals surface area contributed by atoms with Crippen molar-refractivity contribution in [3.63, 3.8) is 0 Å². The molecule has 2 aliphatic heterocycles. The zero-order chi connectivity index (χ0) is 19.2. The lowest BCUT2D eigenvalue weighted by Gasteiger charge is -2.46. The fourth-order valence-electron chi connectivity index (χ4n) is 4.86. The number of hydrogen-bond donors (Lipinski definition) is 1. The monoisotopic (exact) mass is 366 g/mol. The molecule has 1 N–H and O–H groups in total. The van der Waals surface area contributed by atoms with Crippen LogP contribution in [-0.2, 0) is 5.41 Å². The summed E-state index contributed by atoms with van der Waals surface area (Å²) in [6.07, 6.45) is 2.85. The maximum Gasteiger partial charge on any atom is 0.256 e. The van der Waals surface area contributed by atoms with E-state index in [1.54, 1.807) is 6.07 Å². The Morgan fingerprint density at radius 1 is 1.07 bits per heavy atom. The number of likely N-dealkylation sites (tertiary alicyclic amines) is 1. The van der Waals surface area contributed by atoms with Crippen molar-refractivity contribution < 1.29 is 9.18 Å². The standard InChI is InChI=1S/C23H27FN2O/c1-22(2)15-23(3,16-9-5-4-6-10-16)19-14-17(24)13-18(20(19)25-22)21(27)26-11-7-8-12-26/h4-6,9-10,13-14,25H,7-8,11-12,15H2,1-3H3. The highest BCUT2D eigenvalue weighted by Gasteiger charge is 2.43. The summed E-state index contributed by atoms with van der Waals surface area (Å²) < 4.78 is 14.7. The first-order valence-corrected chi connectivity index (χ1v) is 9.77. The molecule has 4 heteroatoms. The van der Waals surface area contributed by atoms with E-state index in [-0.39, 0.29) is 22.7 Å². The van der Waals surface area contributed by atoms with E-state index < -0.39 is 0 Å². The van der Waals surface area contributed by atoms with Gasteiger partial charge in [-0.05, 0) is 56.4 Å². The number of fused-ring (bicyclic) bond motifs is 1. The average molecular weight is 366 g/mol. The van der Waals surface area contributed by atoms with Crippen LogP contribution in [0, 0.1) is 5.82 Å². The van der Waals surface area contributed by atoms with E-state index in [0.717, 1.165) is 49.2 Å². The highest BCUT2D eigenvalue weighted by Crippen LogP contribution is 2.48. The molecule has 0 spiro atoms. The summed E-state index contributed by atoms with van der Waals surface area (Å²) in [7, 11) is 0. The Bertz CT molecular complexity index is 871. The molecule has 0 saturated carbocycles. The molecule has 2 heterocycles. The summed E-state index contributed by atoms with van der Waals surface area (Å²) in [6, 6.07) is 13.2. The molecule has 0 aliphatic carbocycles. The third-order valence-corrected chi connectivity index (χ3v) is 5.99. The topological polar surface area (TPSA) is 32.3 Å². The van der Waals surface area contributed by atoms with Crippen LogP contribution in [-0.4, -0.2) is 29.4 Å². The summed E-state index contributed by atoms with van der Waals surface area (Å²) in [5.74, 6) is -0.413. The van der Waals surface area contributed by atoms with Gasteiger partial charge in [0.25, 0.3) is 5.91 Å². The highest BCUT2D eigenvalue weighted by molar-refractivity contribution is 6.01. The van der Waals surface area contributed by atoms with Gasteiger partial charge in [0.2, 0.25) is 0 Å². The SMILES string of the molecule is CC1(C)CC(C)(c2ccccc2)c2cc(F)cc(C(=O)N3CCCC3)c2N1. The fourth-order valence-corrected chi connectivity index (χ4v) is 4.86. The van der Waals surface area contributed by atoms with Gasteiger partial charge in [0, 0.05) is 24.0 Å². The second kappa shape index (κ2) is 6.36. The number of amides is 1. The first-order chi connectivity index (χ1) is 12.8. The number of halogens is 1. The van der Waals surface area contributed by atoms with Crippen LogP contribution in [0.5, 0.6) is 0 Å². The molecule has 0 radical (unpaired) electrons. The lowest BCUT2D eigenvalue weighted by atomic mass is 9.65. The van der Waals surface area contributed by atoms with Crippen molar-refractivity contribution in [2.75, 3.05) is 18.4 Å². The normalized spacial score (nSPS) is 23.6. The Hall–Kier alpha value is -2.36. The van der Waals surface area contributed by atoms with Gasteiger partial charge in [-0.2, -0.15) is 0 Å². The van der Waals surface area contributed by atoms with Crippen LogP contribution < -0.4 is 5.32 Å². The Kier molecular flexibility index (Phi) is 4.25. The summed E-state index contributed by atoms with van der Waals surface area (Å²) in [6.45, 7) is 7.95. The van der Waals surface area contributed by atoms with Crippen LogP contribution in [0.15, 0.2) is 42.5 Å². The van der Waals surface area contributed by atoms with E-state index in [4.69, 9.17) is 0 Å². The van der Waals surface area contributed by atoms with E-state index in [9.17, 15) is 9.18 Å². The molecule has 2 aromatic rings. The minimum Gasteiger partial charge on any atom is -0.379 e. The molecule has 27 heavy (non-hydrogen) atoms. The smallest absolute Gasteiger partial charge is 0.256 e. The van der Waals surface area contributed by atoms with Crippen LogP contribution in [0.1, 0.15) is 61.5 Å². The van der Waals surface area contributed by atoms with Crippen molar-refractivity contribution in [1.82, 2.24) is 4.90 Å². The molecule has 1 unspecified atom stereocenters. The van der Waals surface area contributed by atoms with Gasteiger partial charge in [0.1, 0.15) is 5.82 Å². The molecular weight excluding hydrogens is 339 g/mol. The zero-order valence-corrected chi connectivity index (χ0v) is 16.3. The lowest BCUT2D eigenvalue weighted by molar-refractivity contribution is 0.0793. The molecule has 4 rings (SSSR count). The molecule has 3 nitrogen and oxygen atoms in total. The number of nitrogens with zero attached hydrogens (tertiary/aromatic N) is 1. The van der Waals surface area contributed by atoms with Gasteiger partial charge in [-0.1, -0.05) is 37.3 Å². The fraction of sp³-hybridized carbons (Fsp3) is 0.435. The number of benzene rings is 2. The molecule has 1 fully saturated rings. The van der Waals surface area contributed by atoms with E-state index >= 15 is 0 Å². The maximum atomic E-state index is 14.7. The Balaban J connectivity index is 1.91. The predicted molar refractivity (Wildman–Crippen MR) is 107 cm³/mol. The quantitative estimate of drug-likeness (QED) is 0.814. The molecule has 1 amide bonds. The number of anilines is 1. The van der Waals surface area contributed by atoms with Gasteiger partial charge in [0.15, 0.2) is 0 Å². The van der Waals surface area contributed by atoms with Crippen molar-refractivity contribution in [3.8, 4) is 0 Å². The van der Waals surface area contributed by atoms with Crippen LogP contribution in [0.3, 0.4) is 0 Å². The van der Waals surface area contributed by atoms with Gasteiger partial charge >= 0.3 is 0 Å². The van der Waals surface area contributed by atoms with E-state index in [1.165, 1.54) is 6.07 Å². The number of hydrogen-bond acceptors (Lipinski definition) is 2. The Morgan fingerprint density at radius 2 is 1.74 bits per heavy atom. The number of nitrogens with one attached hydrogen (secondary N) is 1. The molecular formula is C23H27FN2O. The van der Waals surface area contributed by atoms with Gasteiger partial charge in [-0.3, -0.25) is 4.79 Å². The van der Waals surface area contributed by atoms with Crippen molar-refractivity contribution in [1.29, 1.82) is 0 Å². The van der Waals surface area contributed by atoms with Gasteiger partial charge in [0.05, 0.1) is 11.3 Å². The third-order valence-electron chi connectivity index (χ3n) is 5.99. The molecule has 142 valence electrons. The second-order valence-electron chi connectivity index (χ2n) is 8.76. The largest absolute Gasteiger partial charge is 0.379 e. The summed E-state index contributed by atoms with van der Waals surface area (Å²) >= 11 is 0. The van der Waals surface area contributed by atoms with Crippen molar-refractivity contribution in [2.45, 2.75) is 51.0 Å². The Labute approximate surface area is 160 Å². The molecule has 1 atom stereocenters. The van der Waals surface area contributed by atoms with Crippen LogP contribution in [0.25, 0.3) is 0 Å². The van der Waals surface area contributed by atoms with Crippen molar-refractivity contribution in [2.24, 2.45) is 0 Å². The minimum atomic E-state index is -0.368. The van der Waals surface area contributed by atoms with E-state index in [1.807, 2.05) is 23.1 Å². The molecule has 0 aromatic heterocycles. The third kappa shape index (κ3) is 3.11. The zero-order valence-electron chi connectivity index (χ0n) is 16.3. The van der Waals surface area contributed by atoms with Crippen LogP contribution >= 0.6 is 0 Å². The first-order valence-electron chi connectivity index (χ1n) is 9.77. The summed E-state index contributed by atoms with van der Waals surface area (Å²) in [4.78, 5) is 15.0. The predicted octanol–water partition coefficient (Wildman–Crippen LogP) is 4.96. The maximum absolute atomic E-state index is 14.7. The Morgan fingerprint density at radius 3 is 2.41 bits per heavy atom. The molecule has 2 aliphatic rings. The average Bonchev–Trinajstić information content (AvgIpc) is 3.16.